The lowest BCUT2D eigenvalue weighted by Crippen LogP contribution is -2.37. The number of hydrogen-bond acceptors (Lipinski definition) is 5. The van der Waals surface area contributed by atoms with Gasteiger partial charge in [-0.05, 0) is 49.2 Å². The second-order valence-electron chi connectivity index (χ2n) is 7.24. The van der Waals surface area contributed by atoms with Gasteiger partial charge in [0.15, 0.2) is 6.61 Å². The summed E-state index contributed by atoms with van der Waals surface area (Å²) in [5, 5.41) is 5.90. The van der Waals surface area contributed by atoms with E-state index < -0.39 is 18.5 Å². The maximum atomic E-state index is 12.3. The molecule has 0 atom stereocenters. The number of ether oxygens (including phenoxy) is 1. The van der Waals surface area contributed by atoms with Crippen LogP contribution in [0.4, 0.5) is 5.69 Å². The summed E-state index contributed by atoms with van der Waals surface area (Å²) in [7, 11) is 1.45. The van der Waals surface area contributed by atoms with Gasteiger partial charge in [0.2, 0.25) is 5.91 Å². The first kappa shape index (κ1) is 24.9. The minimum atomic E-state index is -0.636. The van der Waals surface area contributed by atoms with Crippen molar-refractivity contribution in [3.05, 3.63) is 64.2 Å². The van der Waals surface area contributed by atoms with Crippen LogP contribution < -0.4 is 10.6 Å². The molecule has 2 aromatic rings. The molecule has 0 heterocycles. The minimum Gasteiger partial charge on any atom is -0.456 e. The molecule has 0 fully saturated rings. The summed E-state index contributed by atoms with van der Waals surface area (Å²) in [5.41, 5.74) is 2.97. The van der Waals surface area contributed by atoms with Crippen molar-refractivity contribution in [3.63, 3.8) is 0 Å². The molecule has 2 rings (SSSR count). The number of anilines is 1. The number of aryl methyl sites for hydroxylation is 2. The third kappa shape index (κ3) is 7.70. The predicted octanol–water partition coefficient (Wildman–Crippen LogP) is 2.72. The number of halogens is 1. The number of nitrogens with zero attached hydrogens (tertiary/aromatic N) is 1. The number of carbonyl (C=O) groups is 4. The SMILES string of the molecule is Cc1cccc(C)c1NC(=O)CN(C)C(=O)COC(=O)CCNC(=O)c1ccc(Cl)cc1. The van der Waals surface area contributed by atoms with Crippen LogP contribution in [0.5, 0.6) is 0 Å². The lowest BCUT2D eigenvalue weighted by Gasteiger charge is -2.18. The Balaban J connectivity index is 1.69. The van der Waals surface area contributed by atoms with Crippen LogP contribution >= 0.6 is 11.6 Å². The molecule has 0 unspecified atom stereocenters. The maximum Gasteiger partial charge on any atom is 0.308 e. The topological polar surface area (TPSA) is 105 Å². The third-order valence-electron chi connectivity index (χ3n) is 4.63. The predicted molar refractivity (Wildman–Crippen MR) is 122 cm³/mol. The zero-order valence-electron chi connectivity index (χ0n) is 18.2. The summed E-state index contributed by atoms with van der Waals surface area (Å²) in [5.74, 6) is -1.85. The van der Waals surface area contributed by atoms with Crippen molar-refractivity contribution in [2.75, 3.05) is 32.1 Å². The molecular formula is C23H26ClN3O5. The van der Waals surface area contributed by atoms with Gasteiger partial charge in [-0.2, -0.15) is 0 Å². The standard InChI is InChI=1S/C23H26ClN3O5/c1-15-5-4-6-16(2)22(15)26-19(28)13-27(3)20(29)14-32-21(30)11-12-25-23(31)17-7-9-18(24)10-8-17/h4-10H,11-14H2,1-3H3,(H,25,31)(H,26,28). The fourth-order valence-electron chi connectivity index (χ4n) is 2.80. The van der Waals surface area contributed by atoms with Crippen LogP contribution in [0.3, 0.4) is 0 Å². The van der Waals surface area contributed by atoms with Crippen molar-refractivity contribution < 1.29 is 23.9 Å². The Bertz CT molecular complexity index is 971. The minimum absolute atomic E-state index is 0.0580. The van der Waals surface area contributed by atoms with Crippen molar-refractivity contribution in [2.24, 2.45) is 0 Å². The molecule has 32 heavy (non-hydrogen) atoms. The molecule has 0 aromatic heterocycles. The van der Waals surface area contributed by atoms with Crippen LogP contribution in [0.25, 0.3) is 0 Å². The Morgan fingerprint density at radius 3 is 2.25 bits per heavy atom. The van der Waals surface area contributed by atoms with E-state index in [2.05, 4.69) is 10.6 Å². The number of rotatable bonds is 9. The first-order chi connectivity index (χ1) is 15.2. The Morgan fingerprint density at radius 2 is 1.62 bits per heavy atom. The largest absolute Gasteiger partial charge is 0.456 e. The summed E-state index contributed by atoms with van der Waals surface area (Å²) in [4.78, 5) is 49.4. The number of hydrogen-bond donors (Lipinski definition) is 2. The Hall–Kier alpha value is -3.39. The number of carbonyl (C=O) groups excluding carboxylic acids is 4. The van der Waals surface area contributed by atoms with E-state index in [-0.39, 0.29) is 31.3 Å². The van der Waals surface area contributed by atoms with Gasteiger partial charge in [-0.25, -0.2) is 0 Å². The van der Waals surface area contributed by atoms with E-state index in [1.165, 1.54) is 11.9 Å². The molecule has 0 radical (unpaired) electrons. The van der Waals surface area contributed by atoms with Crippen molar-refractivity contribution in [3.8, 4) is 0 Å². The summed E-state index contributed by atoms with van der Waals surface area (Å²) in [6.07, 6.45) is -0.0939. The molecular weight excluding hydrogens is 434 g/mol. The lowest BCUT2D eigenvalue weighted by molar-refractivity contribution is -0.151. The van der Waals surface area contributed by atoms with Crippen molar-refractivity contribution in [1.82, 2.24) is 10.2 Å². The Labute approximate surface area is 191 Å². The molecule has 0 saturated carbocycles. The van der Waals surface area contributed by atoms with Crippen molar-refractivity contribution >= 4 is 41.0 Å². The highest BCUT2D eigenvalue weighted by molar-refractivity contribution is 6.30. The summed E-state index contributed by atoms with van der Waals surface area (Å²) < 4.78 is 4.94. The number of benzene rings is 2. The second kappa shape index (κ2) is 11.9. The number of esters is 1. The molecule has 0 saturated heterocycles. The van der Waals surface area contributed by atoms with Crippen LogP contribution in [0.1, 0.15) is 27.9 Å². The van der Waals surface area contributed by atoms with Gasteiger partial charge in [0, 0.05) is 29.9 Å². The van der Waals surface area contributed by atoms with E-state index in [1.807, 2.05) is 32.0 Å². The molecule has 0 aliphatic rings. The molecule has 0 aliphatic heterocycles. The van der Waals surface area contributed by atoms with E-state index in [4.69, 9.17) is 16.3 Å². The van der Waals surface area contributed by atoms with E-state index in [9.17, 15) is 19.2 Å². The maximum absolute atomic E-state index is 12.3. The second-order valence-corrected chi connectivity index (χ2v) is 7.67. The lowest BCUT2D eigenvalue weighted by atomic mass is 10.1. The van der Waals surface area contributed by atoms with Gasteiger partial charge < -0.3 is 20.3 Å². The van der Waals surface area contributed by atoms with E-state index in [0.717, 1.165) is 11.1 Å². The number of likely N-dealkylation sites (N-methyl/N-ethyl adjacent to an activating group) is 1. The fourth-order valence-corrected chi connectivity index (χ4v) is 2.93. The van der Waals surface area contributed by atoms with Crippen LogP contribution in [-0.2, 0) is 19.1 Å². The Morgan fingerprint density at radius 1 is 1.00 bits per heavy atom. The summed E-state index contributed by atoms with van der Waals surface area (Å²) in [6, 6.07) is 12.0. The molecule has 2 aromatic carbocycles. The van der Waals surface area contributed by atoms with Gasteiger partial charge in [0.05, 0.1) is 13.0 Å². The van der Waals surface area contributed by atoms with Crippen LogP contribution in [0.15, 0.2) is 42.5 Å². The van der Waals surface area contributed by atoms with Gasteiger partial charge in [0.1, 0.15) is 0 Å². The van der Waals surface area contributed by atoms with Crippen LogP contribution in [0.2, 0.25) is 5.02 Å². The highest BCUT2D eigenvalue weighted by Crippen LogP contribution is 2.19. The summed E-state index contributed by atoms with van der Waals surface area (Å²) >= 11 is 5.78. The normalized spacial score (nSPS) is 10.2. The molecule has 9 heteroatoms. The molecule has 0 aliphatic carbocycles. The average molecular weight is 460 g/mol. The van der Waals surface area contributed by atoms with Gasteiger partial charge in [-0.3, -0.25) is 19.2 Å². The van der Waals surface area contributed by atoms with E-state index in [0.29, 0.717) is 16.3 Å². The van der Waals surface area contributed by atoms with Crippen LogP contribution in [-0.4, -0.2) is 55.3 Å². The highest BCUT2D eigenvalue weighted by atomic mass is 35.5. The first-order valence-corrected chi connectivity index (χ1v) is 10.3. The molecule has 3 amide bonds. The smallest absolute Gasteiger partial charge is 0.308 e. The number of nitrogens with one attached hydrogen (secondary N) is 2. The van der Waals surface area contributed by atoms with Gasteiger partial charge in [0.25, 0.3) is 11.8 Å². The van der Waals surface area contributed by atoms with Crippen molar-refractivity contribution in [2.45, 2.75) is 20.3 Å². The fraction of sp³-hybridized carbons (Fsp3) is 0.304. The summed E-state index contributed by atoms with van der Waals surface area (Å²) in [6.45, 7) is 3.16. The van der Waals surface area contributed by atoms with Crippen molar-refractivity contribution in [1.29, 1.82) is 0 Å². The molecule has 0 bridgehead atoms. The third-order valence-corrected chi connectivity index (χ3v) is 4.88. The quantitative estimate of drug-likeness (QED) is 0.561. The van der Waals surface area contributed by atoms with Gasteiger partial charge in [-0.15, -0.1) is 0 Å². The zero-order valence-corrected chi connectivity index (χ0v) is 19.0. The van der Waals surface area contributed by atoms with Crippen LogP contribution in [0, 0.1) is 13.8 Å². The zero-order chi connectivity index (χ0) is 23.7. The van der Waals surface area contributed by atoms with E-state index >= 15 is 0 Å². The molecule has 0 spiro atoms. The monoisotopic (exact) mass is 459 g/mol. The van der Waals surface area contributed by atoms with E-state index in [1.54, 1.807) is 24.3 Å². The average Bonchev–Trinajstić information content (AvgIpc) is 2.75. The molecule has 170 valence electrons. The number of amides is 3. The van der Waals surface area contributed by atoms with Gasteiger partial charge >= 0.3 is 5.97 Å². The first-order valence-electron chi connectivity index (χ1n) is 9.96. The highest BCUT2D eigenvalue weighted by Gasteiger charge is 2.16. The Kier molecular flexibility index (Phi) is 9.22. The van der Waals surface area contributed by atoms with Gasteiger partial charge in [-0.1, -0.05) is 29.8 Å². The number of para-hydroxylation sites is 1. The molecule has 2 N–H and O–H groups in total. The molecule has 8 nitrogen and oxygen atoms in total.